The van der Waals surface area contributed by atoms with Gasteiger partial charge in [0.1, 0.15) is 5.41 Å². The molecule has 2 N–H and O–H groups in total. The summed E-state index contributed by atoms with van der Waals surface area (Å²) in [4.78, 5) is 12.8. The topological polar surface area (TPSA) is 61.5 Å². The van der Waals surface area contributed by atoms with Crippen LogP contribution >= 0.6 is 11.8 Å². The number of methoxy groups -OCH3 is 1. The van der Waals surface area contributed by atoms with Crippen LogP contribution in [0.3, 0.4) is 0 Å². The molecule has 1 aliphatic rings. The molecule has 0 unspecified atom stereocenters. The van der Waals surface area contributed by atoms with Crippen molar-refractivity contribution in [2.24, 2.45) is 0 Å². The van der Waals surface area contributed by atoms with Crippen LogP contribution in [-0.4, -0.2) is 32.5 Å². The van der Waals surface area contributed by atoms with Crippen LogP contribution < -0.4 is 5.73 Å². The van der Waals surface area contributed by atoms with Gasteiger partial charge in [-0.1, -0.05) is 6.07 Å². The Hall–Kier alpha value is -1.20. The van der Waals surface area contributed by atoms with Gasteiger partial charge in [-0.25, -0.2) is 0 Å². The molecule has 92 valence electrons. The molecule has 0 amide bonds. The molecule has 1 aromatic rings. The number of anilines is 1. The third kappa shape index (κ3) is 1.89. The van der Waals surface area contributed by atoms with Gasteiger partial charge >= 0.3 is 5.97 Å². The van der Waals surface area contributed by atoms with Crippen LogP contribution in [0.5, 0.6) is 0 Å². The van der Waals surface area contributed by atoms with Crippen molar-refractivity contribution in [2.45, 2.75) is 10.3 Å². The Morgan fingerprint density at radius 1 is 1.53 bits per heavy atom. The Kier molecular flexibility index (Phi) is 3.31. The maximum atomic E-state index is 11.9. The van der Waals surface area contributed by atoms with Crippen molar-refractivity contribution in [3.05, 3.63) is 23.8 Å². The van der Waals surface area contributed by atoms with Crippen LogP contribution in [-0.2, 0) is 19.7 Å². The van der Waals surface area contributed by atoms with E-state index in [4.69, 9.17) is 15.2 Å². The predicted octanol–water partition coefficient (Wildman–Crippen LogP) is 1.43. The number of esters is 1. The maximum Gasteiger partial charge on any atom is 0.321 e. The van der Waals surface area contributed by atoms with Gasteiger partial charge < -0.3 is 15.2 Å². The molecule has 0 spiro atoms. The highest BCUT2D eigenvalue weighted by atomic mass is 32.2. The first-order valence-corrected chi connectivity index (χ1v) is 6.46. The van der Waals surface area contributed by atoms with E-state index in [2.05, 4.69) is 0 Å². The first kappa shape index (κ1) is 12.3. The summed E-state index contributed by atoms with van der Waals surface area (Å²) in [5.41, 5.74) is 6.83. The number of benzene rings is 1. The molecule has 2 rings (SSSR count). The predicted molar refractivity (Wildman–Crippen MR) is 67.1 cm³/mol. The molecule has 5 heteroatoms. The molecule has 1 aliphatic heterocycles. The lowest BCUT2D eigenvalue weighted by atomic mass is 9.78. The Morgan fingerprint density at radius 3 is 2.71 bits per heavy atom. The Morgan fingerprint density at radius 2 is 2.24 bits per heavy atom. The van der Waals surface area contributed by atoms with Gasteiger partial charge in [0.05, 0.1) is 20.3 Å². The molecule has 1 saturated heterocycles. The monoisotopic (exact) mass is 253 g/mol. The second-order valence-corrected chi connectivity index (χ2v) is 4.87. The zero-order valence-electron chi connectivity index (χ0n) is 9.86. The Bertz CT molecular complexity index is 443. The summed E-state index contributed by atoms with van der Waals surface area (Å²) in [5, 5.41) is 0. The average molecular weight is 253 g/mol. The van der Waals surface area contributed by atoms with E-state index in [0.29, 0.717) is 13.2 Å². The van der Waals surface area contributed by atoms with Crippen molar-refractivity contribution < 1.29 is 14.3 Å². The molecule has 17 heavy (non-hydrogen) atoms. The first-order chi connectivity index (χ1) is 8.14. The molecule has 4 nitrogen and oxygen atoms in total. The second kappa shape index (κ2) is 4.58. The van der Waals surface area contributed by atoms with Gasteiger partial charge in [-0.15, -0.1) is 11.8 Å². The quantitative estimate of drug-likeness (QED) is 0.501. The summed E-state index contributed by atoms with van der Waals surface area (Å²) in [5.74, 6) is -0.249. The summed E-state index contributed by atoms with van der Waals surface area (Å²) in [7, 11) is 1.40. The molecule has 0 aromatic heterocycles. The SMILES string of the molecule is COC(=O)C1(c2ccc(N)c(SC)c2)COC1. The van der Waals surface area contributed by atoms with E-state index in [1.54, 1.807) is 11.8 Å². The Balaban J connectivity index is 2.41. The van der Waals surface area contributed by atoms with Crippen LogP contribution in [0.15, 0.2) is 23.1 Å². The number of nitrogen functional groups attached to an aromatic ring is 1. The lowest BCUT2D eigenvalue weighted by molar-refractivity contribution is -0.166. The number of thioether (sulfide) groups is 1. The van der Waals surface area contributed by atoms with Crippen molar-refractivity contribution in [3.63, 3.8) is 0 Å². The van der Waals surface area contributed by atoms with E-state index in [-0.39, 0.29) is 5.97 Å². The normalized spacial score (nSPS) is 17.3. The van der Waals surface area contributed by atoms with E-state index in [9.17, 15) is 4.79 Å². The summed E-state index contributed by atoms with van der Waals surface area (Å²) >= 11 is 1.56. The molecule has 0 saturated carbocycles. The number of ether oxygens (including phenoxy) is 2. The van der Waals surface area contributed by atoms with Crippen LogP contribution in [0.2, 0.25) is 0 Å². The molecular weight excluding hydrogens is 238 g/mol. The number of nitrogens with two attached hydrogens (primary N) is 1. The van der Waals surface area contributed by atoms with Crippen molar-refractivity contribution in [3.8, 4) is 0 Å². The lowest BCUT2D eigenvalue weighted by Gasteiger charge is -2.39. The van der Waals surface area contributed by atoms with Crippen molar-refractivity contribution >= 4 is 23.4 Å². The summed E-state index contributed by atoms with van der Waals surface area (Å²) in [6, 6.07) is 5.64. The fourth-order valence-corrected chi connectivity index (χ4v) is 2.46. The number of hydrogen-bond acceptors (Lipinski definition) is 5. The minimum Gasteiger partial charge on any atom is -0.468 e. The molecule has 0 aliphatic carbocycles. The van der Waals surface area contributed by atoms with Gasteiger partial charge in [-0.3, -0.25) is 4.79 Å². The third-order valence-electron chi connectivity index (χ3n) is 3.06. The van der Waals surface area contributed by atoms with Gasteiger partial charge in [-0.2, -0.15) is 0 Å². The summed E-state index contributed by atoms with van der Waals surface area (Å²) in [6.07, 6.45) is 1.96. The maximum absolute atomic E-state index is 11.9. The van der Waals surface area contributed by atoms with Crippen LogP contribution in [0, 0.1) is 0 Å². The molecule has 0 radical (unpaired) electrons. The zero-order chi connectivity index (χ0) is 12.5. The molecule has 0 atom stereocenters. The molecule has 1 heterocycles. The van der Waals surface area contributed by atoms with Gasteiger partial charge in [0.25, 0.3) is 0 Å². The molecular formula is C12H15NO3S. The van der Waals surface area contributed by atoms with Crippen molar-refractivity contribution in [1.82, 2.24) is 0 Å². The molecule has 1 aromatic carbocycles. The lowest BCUT2D eigenvalue weighted by Crippen LogP contribution is -2.53. The minimum atomic E-state index is -0.646. The van der Waals surface area contributed by atoms with Crippen LogP contribution in [0.25, 0.3) is 0 Å². The second-order valence-electron chi connectivity index (χ2n) is 4.02. The minimum absolute atomic E-state index is 0.249. The van der Waals surface area contributed by atoms with Gasteiger partial charge in [0.2, 0.25) is 0 Å². The molecule has 1 fully saturated rings. The van der Waals surface area contributed by atoms with E-state index >= 15 is 0 Å². The highest BCUT2D eigenvalue weighted by Crippen LogP contribution is 2.36. The van der Waals surface area contributed by atoms with Gasteiger partial charge in [0.15, 0.2) is 0 Å². The van der Waals surface area contributed by atoms with E-state index in [0.717, 1.165) is 16.1 Å². The van der Waals surface area contributed by atoms with E-state index in [1.165, 1.54) is 7.11 Å². The summed E-state index contributed by atoms with van der Waals surface area (Å²) < 4.78 is 10.0. The third-order valence-corrected chi connectivity index (χ3v) is 3.85. The standard InChI is InChI=1S/C12H15NO3S/c1-15-11(14)12(6-16-7-12)8-3-4-9(13)10(5-8)17-2/h3-5H,6-7,13H2,1-2H3. The number of rotatable bonds is 3. The summed E-state index contributed by atoms with van der Waals surface area (Å²) in [6.45, 7) is 0.745. The van der Waals surface area contributed by atoms with Crippen molar-refractivity contribution in [2.75, 3.05) is 32.3 Å². The van der Waals surface area contributed by atoms with Crippen molar-refractivity contribution in [1.29, 1.82) is 0 Å². The highest BCUT2D eigenvalue weighted by molar-refractivity contribution is 7.98. The Labute approximate surface area is 104 Å². The van der Waals surface area contributed by atoms with Crippen LogP contribution in [0.1, 0.15) is 5.56 Å². The highest BCUT2D eigenvalue weighted by Gasteiger charge is 2.48. The van der Waals surface area contributed by atoms with E-state index in [1.807, 2.05) is 24.5 Å². The van der Waals surface area contributed by atoms with E-state index < -0.39 is 5.41 Å². The number of carbonyl (C=O) groups is 1. The number of carbonyl (C=O) groups excluding carboxylic acids is 1. The van der Waals surface area contributed by atoms with Gasteiger partial charge in [-0.05, 0) is 24.0 Å². The first-order valence-electron chi connectivity index (χ1n) is 5.24. The smallest absolute Gasteiger partial charge is 0.321 e. The fraction of sp³-hybridized carbons (Fsp3) is 0.417. The number of hydrogen-bond donors (Lipinski definition) is 1. The average Bonchev–Trinajstić information content (AvgIpc) is 2.29. The van der Waals surface area contributed by atoms with Gasteiger partial charge in [0, 0.05) is 10.6 Å². The largest absolute Gasteiger partial charge is 0.468 e. The molecule has 0 bridgehead atoms. The fourth-order valence-electron chi connectivity index (χ4n) is 1.91. The van der Waals surface area contributed by atoms with Crippen LogP contribution in [0.4, 0.5) is 5.69 Å². The zero-order valence-corrected chi connectivity index (χ0v) is 10.7.